The van der Waals surface area contributed by atoms with Crippen LogP contribution in [0.5, 0.6) is 0 Å². The average Bonchev–Trinajstić information content (AvgIpc) is 3.25. The van der Waals surface area contributed by atoms with E-state index in [2.05, 4.69) is 10.2 Å². The molecule has 0 aliphatic heterocycles. The number of carbonyl (C=O) groups excluding carboxylic acids is 1. The normalized spacial score (nSPS) is 10.9. The minimum absolute atomic E-state index is 0.113. The van der Waals surface area contributed by atoms with Gasteiger partial charge in [0, 0.05) is 10.9 Å². The molecule has 4 heteroatoms. The predicted octanol–water partition coefficient (Wildman–Crippen LogP) is 4.05. The molecule has 1 N–H and O–H groups in total. The average molecular weight is 288 g/mol. The molecule has 4 aromatic rings. The first-order valence-corrected chi connectivity index (χ1v) is 6.94. The largest absolute Gasteiger partial charge is 0.461 e. The van der Waals surface area contributed by atoms with Gasteiger partial charge in [-0.05, 0) is 29.3 Å². The van der Waals surface area contributed by atoms with Crippen molar-refractivity contribution in [3.63, 3.8) is 0 Å². The van der Waals surface area contributed by atoms with E-state index in [9.17, 15) is 4.79 Å². The number of benzene rings is 2. The Morgan fingerprint density at radius 1 is 1.00 bits per heavy atom. The molecule has 106 valence electrons. The van der Waals surface area contributed by atoms with Crippen LogP contribution in [-0.2, 0) is 0 Å². The maximum atomic E-state index is 12.2. The summed E-state index contributed by atoms with van der Waals surface area (Å²) in [7, 11) is 0. The molecule has 0 amide bonds. The third-order valence-electron chi connectivity index (χ3n) is 3.69. The molecule has 0 saturated heterocycles. The summed E-state index contributed by atoms with van der Waals surface area (Å²) in [4.78, 5) is 12.2. The Labute approximate surface area is 126 Å². The van der Waals surface area contributed by atoms with Crippen molar-refractivity contribution in [3.8, 4) is 11.1 Å². The SMILES string of the molecule is O=C(c1ccc(-c2cccc3[nH]ncc23)cc1)c1ccco1. The maximum Gasteiger partial charge on any atom is 0.228 e. The van der Waals surface area contributed by atoms with Gasteiger partial charge in [0.1, 0.15) is 0 Å². The van der Waals surface area contributed by atoms with Gasteiger partial charge in [0.25, 0.3) is 0 Å². The smallest absolute Gasteiger partial charge is 0.228 e. The van der Waals surface area contributed by atoms with Crippen molar-refractivity contribution in [2.45, 2.75) is 0 Å². The van der Waals surface area contributed by atoms with Crippen molar-refractivity contribution in [1.29, 1.82) is 0 Å². The van der Waals surface area contributed by atoms with Crippen LogP contribution in [0.15, 0.2) is 71.5 Å². The Balaban J connectivity index is 1.73. The number of furan rings is 1. The lowest BCUT2D eigenvalue weighted by Crippen LogP contribution is -1.98. The number of aromatic amines is 1. The molecule has 2 aromatic heterocycles. The molecular weight excluding hydrogens is 276 g/mol. The minimum Gasteiger partial charge on any atom is -0.461 e. The van der Waals surface area contributed by atoms with Gasteiger partial charge in [0.15, 0.2) is 5.76 Å². The zero-order chi connectivity index (χ0) is 14.9. The second-order valence-corrected chi connectivity index (χ2v) is 5.02. The van der Waals surface area contributed by atoms with E-state index in [-0.39, 0.29) is 5.78 Å². The highest BCUT2D eigenvalue weighted by molar-refractivity contribution is 6.07. The lowest BCUT2D eigenvalue weighted by molar-refractivity contribution is 0.101. The molecule has 0 aliphatic rings. The Morgan fingerprint density at radius 3 is 2.64 bits per heavy atom. The molecule has 0 spiro atoms. The van der Waals surface area contributed by atoms with Gasteiger partial charge >= 0.3 is 0 Å². The number of carbonyl (C=O) groups is 1. The quantitative estimate of drug-likeness (QED) is 0.578. The van der Waals surface area contributed by atoms with E-state index in [0.29, 0.717) is 11.3 Å². The third-order valence-corrected chi connectivity index (χ3v) is 3.69. The molecule has 2 heterocycles. The van der Waals surface area contributed by atoms with Crippen LogP contribution in [0.25, 0.3) is 22.0 Å². The molecule has 4 nitrogen and oxygen atoms in total. The first-order chi connectivity index (χ1) is 10.8. The zero-order valence-corrected chi connectivity index (χ0v) is 11.6. The van der Waals surface area contributed by atoms with Crippen molar-refractivity contribution >= 4 is 16.7 Å². The molecule has 4 rings (SSSR count). The first kappa shape index (κ1) is 12.6. The third kappa shape index (κ3) is 2.02. The van der Waals surface area contributed by atoms with Crippen molar-refractivity contribution in [2.75, 3.05) is 0 Å². The van der Waals surface area contributed by atoms with Gasteiger partial charge in [-0.3, -0.25) is 9.89 Å². The zero-order valence-electron chi connectivity index (χ0n) is 11.6. The van der Waals surface area contributed by atoms with Gasteiger partial charge < -0.3 is 4.42 Å². The van der Waals surface area contributed by atoms with E-state index in [1.165, 1.54) is 6.26 Å². The van der Waals surface area contributed by atoms with Crippen LogP contribution in [0.1, 0.15) is 16.1 Å². The summed E-state index contributed by atoms with van der Waals surface area (Å²) in [5.74, 6) is 0.239. The van der Waals surface area contributed by atoms with E-state index in [4.69, 9.17) is 4.42 Å². The standard InChI is InChI=1S/C18H12N2O2/c21-18(17-5-2-10-22-17)13-8-6-12(7-9-13)14-3-1-4-16-15(14)11-19-20-16/h1-11H,(H,19,20). The topological polar surface area (TPSA) is 58.9 Å². The summed E-state index contributed by atoms with van der Waals surface area (Å²) in [6, 6.07) is 16.9. The van der Waals surface area contributed by atoms with Crippen molar-refractivity contribution in [2.24, 2.45) is 0 Å². The highest BCUT2D eigenvalue weighted by atomic mass is 16.3. The van der Waals surface area contributed by atoms with Gasteiger partial charge in [-0.2, -0.15) is 5.10 Å². The van der Waals surface area contributed by atoms with E-state index in [0.717, 1.165) is 22.0 Å². The van der Waals surface area contributed by atoms with Crippen LogP contribution in [-0.4, -0.2) is 16.0 Å². The lowest BCUT2D eigenvalue weighted by atomic mass is 9.99. The summed E-state index contributed by atoms with van der Waals surface area (Å²) in [6.45, 7) is 0. The van der Waals surface area contributed by atoms with E-state index >= 15 is 0 Å². The maximum absolute atomic E-state index is 12.2. The first-order valence-electron chi connectivity index (χ1n) is 6.94. The second kappa shape index (κ2) is 5.00. The van der Waals surface area contributed by atoms with Gasteiger partial charge in [-0.1, -0.05) is 36.4 Å². The predicted molar refractivity (Wildman–Crippen MR) is 83.7 cm³/mol. The fraction of sp³-hybridized carbons (Fsp3) is 0. The molecule has 0 fully saturated rings. The summed E-state index contributed by atoms with van der Waals surface area (Å²) in [6.07, 6.45) is 3.31. The number of aromatic nitrogens is 2. The number of nitrogens with zero attached hydrogens (tertiary/aromatic N) is 1. The number of fused-ring (bicyclic) bond motifs is 1. The molecule has 0 aliphatic carbocycles. The molecule has 0 saturated carbocycles. The van der Waals surface area contributed by atoms with Gasteiger partial charge in [0.2, 0.25) is 5.78 Å². The summed E-state index contributed by atoms with van der Waals surface area (Å²) < 4.78 is 5.15. The summed E-state index contributed by atoms with van der Waals surface area (Å²) >= 11 is 0. The number of hydrogen-bond acceptors (Lipinski definition) is 3. The molecule has 0 atom stereocenters. The van der Waals surface area contributed by atoms with Gasteiger partial charge in [-0.15, -0.1) is 0 Å². The number of rotatable bonds is 3. The van der Waals surface area contributed by atoms with E-state index < -0.39 is 0 Å². The summed E-state index contributed by atoms with van der Waals surface area (Å²) in [5, 5.41) is 8.10. The minimum atomic E-state index is -0.113. The van der Waals surface area contributed by atoms with Crippen molar-refractivity contribution < 1.29 is 9.21 Å². The highest BCUT2D eigenvalue weighted by Gasteiger charge is 2.12. The number of H-pyrrole nitrogens is 1. The Morgan fingerprint density at radius 2 is 1.86 bits per heavy atom. The van der Waals surface area contributed by atoms with Crippen molar-refractivity contribution in [1.82, 2.24) is 10.2 Å². The fourth-order valence-corrected chi connectivity index (χ4v) is 2.57. The molecule has 22 heavy (non-hydrogen) atoms. The fourth-order valence-electron chi connectivity index (χ4n) is 2.57. The van der Waals surface area contributed by atoms with Crippen molar-refractivity contribution in [3.05, 3.63) is 78.4 Å². The number of hydrogen-bond donors (Lipinski definition) is 1. The van der Waals surface area contributed by atoms with Gasteiger partial charge in [-0.25, -0.2) is 0 Å². The number of ketones is 1. The van der Waals surface area contributed by atoms with Crippen LogP contribution < -0.4 is 0 Å². The Bertz CT molecular complexity index is 935. The molecular formula is C18H12N2O2. The Hall–Kier alpha value is -3.14. The molecule has 2 aromatic carbocycles. The van der Waals surface area contributed by atoms with Crippen LogP contribution in [0.4, 0.5) is 0 Å². The second-order valence-electron chi connectivity index (χ2n) is 5.02. The van der Waals surface area contributed by atoms with Crippen LogP contribution in [0, 0.1) is 0 Å². The van der Waals surface area contributed by atoms with Crippen LogP contribution in [0.2, 0.25) is 0 Å². The molecule has 0 bridgehead atoms. The monoisotopic (exact) mass is 288 g/mol. The Kier molecular flexibility index (Phi) is 2.86. The lowest BCUT2D eigenvalue weighted by Gasteiger charge is -2.04. The molecule has 0 unspecified atom stereocenters. The van der Waals surface area contributed by atoms with Gasteiger partial charge in [0.05, 0.1) is 18.0 Å². The van der Waals surface area contributed by atoms with E-state index in [1.807, 2.05) is 48.7 Å². The number of nitrogens with one attached hydrogen (secondary N) is 1. The highest BCUT2D eigenvalue weighted by Crippen LogP contribution is 2.27. The summed E-state index contributed by atoms with van der Waals surface area (Å²) in [5.41, 5.74) is 3.73. The van der Waals surface area contributed by atoms with E-state index in [1.54, 1.807) is 12.1 Å². The van der Waals surface area contributed by atoms with Crippen LogP contribution >= 0.6 is 0 Å². The molecule has 0 radical (unpaired) electrons. The van der Waals surface area contributed by atoms with Crippen LogP contribution in [0.3, 0.4) is 0 Å².